The van der Waals surface area contributed by atoms with Gasteiger partial charge in [0, 0.05) is 25.4 Å². The van der Waals surface area contributed by atoms with E-state index in [1.807, 2.05) is 36.5 Å². The van der Waals surface area contributed by atoms with E-state index in [1.54, 1.807) is 17.9 Å². The quantitative estimate of drug-likeness (QED) is 0.637. The Labute approximate surface area is 161 Å². The molecule has 146 valence electrons. The molecule has 7 heteroatoms. The third-order valence-corrected chi connectivity index (χ3v) is 4.33. The van der Waals surface area contributed by atoms with E-state index in [0.717, 1.165) is 23.3 Å². The van der Waals surface area contributed by atoms with Crippen LogP contribution in [-0.2, 0) is 30.5 Å². The molecule has 4 nitrogen and oxygen atoms in total. The molecule has 0 saturated heterocycles. The summed E-state index contributed by atoms with van der Waals surface area (Å²) in [5, 5.41) is 4.30. The van der Waals surface area contributed by atoms with Gasteiger partial charge in [0.05, 0.1) is 24.7 Å². The molecule has 0 radical (unpaired) electrons. The number of likely N-dealkylation sites (N-methyl/N-ethyl adjacent to an activating group) is 1. The molecule has 1 aromatic heterocycles. The molecule has 0 aliphatic carbocycles. The molecule has 0 spiro atoms. The number of rotatable bonds is 6. The lowest BCUT2D eigenvalue weighted by Gasteiger charge is -2.16. The topological polar surface area (TPSA) is 38.1 Å². The van der Waals surface area contributed by atoms with E-state index in [9.17, 15) is 18.0 Å². The van der Waals surface area contributed by atoms with Crippen molar-refractivity contribution in [2.24, 2.45) is 0 Å². The van der Waals surface area contributed by atoms with Crippen molar-refractivity contribution in [2.75, 3.05) is 7.05 Å². The van der Waals surface area contributed by atoms with E-state index in [0.29, 0.717) is 18.7 Å². The molecule has 2 aromatic carbocycles. The number of hydrogen-bond donors (Lipinski definition) is 0. The van der Waals surface area contributed by atoms with Gasteiger partial charge in [-0.1, -0.05) is 48.5 Å². The van der Waals surface area contributed by atoms with Gasteiger partial charge in [0.25, 0.3) is 0 Å². The number of amides is 1. The Hall–Kier alpha value is -3.09. The number of alkyl halides is 3. The van der Waals surface area contributed by atoms with Gasteiger partial charge in [-0.25, -0.2) is 0 Å². The summed E-state index contributed by atoms with van der Waals surface area (Å²) in [5.74, 6) is -0.255. The van der Waals surface area contributed by atoms with Crippen LogP contribution in [0.1, 0.15) is 22.3 Å². The van der Waals surface area contributed by atoms with Crippen molar-refractivity contribution in [3.05, 3.63) is 89.2 Å². The lowest BCUT2D eigenvalue weighted by Crippen LogP contribution is -2.27. The summed E-state index contributed by atoms with van der Waals surface area (Å²) in [6.45, 7) is 0.968. The van der Waals surface area contributed by atoms with Crippen LogP contribution < -0.4 is 0 Å². The van der Waals surface area contributed by atoms with E-state index in [4.69, 9.17) is 0 Å². The van der Waals surface area contributed by atoms with Crippen LogP contribution in [0.5, 0.6) is 0 Å². The lowest BCUT2D eigenvalue weighted by molar-refractivity contribution is -0.138. The van der Waals surface area contributed by atoms with Crippen LogP contribution in [0.2, 0.25) is 0 Å². The van der Waals surface area contributed by atoms with Crippen molar-refractivity contribution in [3.63, 3.8) is 0 Å². The molecule has 0 bridgehead atoms. The number of aromatic nitrogens is 2. The van der Waals surface area contributed by atoms with Gasteiger partial charge < -0.3 is 4.90 Å². The Balaban J connectivity index is 1.59. The van der Waals surface area contributed by atoms with Gasteiger partial charge in [0.2, 0.25) is 5.91 Å². The number of carbonyl (C=O) groups excluding carboxylic acids is 1. The fourth-order valence-corrected chi connectivity index (χ4v) is 2.87. The number of nitrogens with zero attached hydrogens (tertiary/aromatic N) is 3. The van der Waals surface area contributed by atoms with Crippen molar-refractivity contribution >= 4 is 5.91 Å². The highest BCUT2D eigenvalue weighted by Gasteiger charge is 2.30. The average molecular weight is 387 g/mol. The number of hydrogen-bond acceptors (Lipinski definition) is 2. The van der Waals surface area contributed by atoms with Crippen molar-refractivity contribution in [1.82, 2.24) is 14.7 Å². The number of benzene rings is 2. The van der Waals surface area contributed by atoms with E-state index in [2.05, 4.69) is 5.10 Å². The molecule has 3 aromatic rings. The first-order valence-electron chi connectivity index (χ1n) is 8.76. The van der Waals surface area contributed by atoms with E-state index < -0.39 is 11.7 Å². The summed E-state index contributed by atoms with van der Waals surface area (Å²) in [7, 11) is 1.63. The van der Waals surface area contributed by atoms with Gasteiger partial charge in [-0.3, -0.25) is 9.48 Å². The number of carbonyl (C=O) groups is 1. The highest BCUT2D eigenvalue weighted by atomic mass is 19.4. The second kappa shape index (κ2) is 8.29. The van der Waals surface area contributed by atoms with Crippen LogP contribution in [-0.4, -0.2) is 27.6 Å². The van der Waals surface area contributed by atoms with Crippen LogP contribution >= 0.6 is 0 Å². The van der Waals surface area contributed by atoms with Crippen LogP contribution in [0, 0.1) is 0 Å². The molecule has 1 amide bonds. The van der Waals surface area contributed by atoms with Gasteiger partial charge in [-0.15, -0.1) is 0 Å². The molecule has 0 saturated carbocycles. The Bertz CT molecular complexity index is 935. The minimum atomic E-state index is -4.42. The molecule has 0 atom stereocenters. The van der Waals surface area contributed by atoms with E-state index >= 15 is 0 Å². The monoisotopic (exact) mass is 387 g/mol. The minimum Gasteiger partial charge on any atom is -0.341 e. The largest absolute Gasteiger partial charge is 0.416 e. The summed E-state index contributed by atoms with van der Waals surface area (Å²) in [6.07, 6.45) is -0.949. The first kappa shape index (κ1) is 19.7. The minimum absolute atomic E-state index is 0.0847. The lowest BCUT2D eigenvalue weighted by atomic mass is 10.1. The summed E-state index contributed by atoms with van der Waals surface area (Å²) in [4.78, 5) is 13.9. The summed E-state index contributed by atoms with van der Waals surface area (Å²) in [6, 6.07) is 14.7. The molecule has 0 fully saturated rings. The summed E-state index contributed by atoms with van der Waals surface area (Å²) >= 11 is 0. The third-order valence-electron chi connectivity index (χ3n) is 4.33. The summed E-state index contributed by atoms with van der Waals surface area (Å²) < 4.78 is 40.2. The first-order chi connectivity index (χ1) is 13.3. The SMILES string of the molecule is CN(Cc1cnn(Cc2ccccc2)c1)C(=O)Cc1cccc(C(F)(F)F)c1. The van der Waals surface area contributed by atoms with Crippen molar-refractivity contribution in [1.29, 1.82) is 0 Å². The summed E-state index contributed by atoms with van der Waals surface area (Å²) in [5.41, 5.74) is 1.57. The predicted octanol–water partition coefficient (Wildman–Crippen LogP) is 4.15. The Morgan fingerprint density at radius 2 is 1.75 bits per heavy atom. The molecule has 0 unspecified atom stereocenters. The molecular weight excluding hydrogens is 367 g/mol. The third kappa shape index (κ3) is 5.22. The smallest absolute Gasteiger partial charge is 0.341 e. The van der Waals surface area contributed by atoms with Gasteiger partial charge in [0.15, 0.2) is 0 Å². The molecule has 3 rings (SSSR count). The Kier molecular flexibility index (Phi) is 5.82. The zero-order valence-corrected chi connectivity index (χ0v) is 15.4. The van der Waals surface area contributed by atoms with Crippen LogP contribution in [0.4, 0.5) is 13.2 Å². The Morgan fingerprint density at radius 1 is 1.04 bits per heavy atom. The second-order valence-corrected chi connectivity index (χ2v) is 6.66. The molecule has 28 heavy (non-hydrogen) atoms. The fraction of sp³-hybridized carbons (Fsp3) is 0.238. The van der Waals surface area contributed by atoms with Crippen molar-refractivity contribution in [3.8, 4) is 0 Å². The van der Waals surface area contributed by atoms with Gasteiger partial charge >= 0.3 is 6.18 Å². The van der Waals surface area contributed by atoms with Crippen molar-refractivity contribution < 1.29 is 18.0 Å². The van der Waals surface area contributed by atoms with Gasteiger partial charge in [-0.2, -0.15) is 18.3 Å². The maximum atomic E-state index is 12.8. The zero-order chi connectivity index (χ0) is 20.1. The maximum Gasteiger partial charge on any atom is 0.416 e. The molecule has 0 aliphatic heterocycles. The van der Waals surface area contributed by atoms with Gasteiger partial charge in [-0.05, 0) is 17.2 Å². The molecule has 0 aliphatic rings. The van der Waals surface area contributed by atoms with Crippen molar-refractivity contribution in [2.45, 2.75) is 25.7 Å². The van der Waals surface area contributed by atoms with E-state index in [-0.39, 0.29) is 12.3 Å². The van der Waals surface area contributed by atoms with Gasteiger partial charge in [0.1, 0.15) is 0 Å². The van der Waals surface area contributed by atoms with Crippen LogP contribution in [0.15, 0.2) is 67.0 Å². The average Bonchev–Trinajstić information content (AvgIpc) is 3.09. The molecule has 1 heterocycles. The molecule has 0 N–H and O–H groups in total. The van der Waals surface area contributed by atoms with E-state index in [1.165, 1.54) is 17.0 Å². The standard InChI is InChI=1S/C21H20F3N3O/c1-26(20(28)11-17-8-5-9-19(10-17)21(22,23)24)13-18-12-25-27(15-18)14-16-6-3-2-4-7-16/h2-10,12,15H,11,13-14H2,1H3. The van der Waals surface area contributed by atoms with Crippen LogP contribution in [0.25, 0.3) is 0 Å². The highest BCUT2D eigenvalue weighted by molar-refractivity contribution is 5.78. The normalized spacial score (nSPS) is 11.4. The number of halogens is 3. The zero-order valence-electron chi connectivity index (χ0n) is 15.4. The second-order valence-electron chi connectivity index (χ2n) is 6.66. The maximum absolute atomic E-state index is 12.8. The van der Waals surface area contributed by atoms with Crippen LogP contribution in [0.3, 0.4) is 0 Å². The Morgan fingerprint density at radius 3 is 2.46 bits per heavy atom. The predicted molar refractivity (Wildman–Crippen MR) is 99.4 cm³/mol. The molecular formula is C21H20F3N3O. The fourth-order valence-electron chi connectivity index (χ4n) is 2.87. The highest BCUT2D eigenvalue weighted by Crippen LogP contribution is 2.29. The first-order valence-corrected chi connectivity index (χ1v) is 8.76.